The molecule has 1 saturated heterocycles. The van der Waals surface area contributed by atoms with Gasteiger partial charge in [-0.3, -0.25) is 23.8 Å². The van der Waals surface area contributed by atoms with Crippen molar-refractivity contribution in [1.29, 1.82) is 0 Å². The fourth-order valence-electron chi connectivity index (χ4n) is 4.37. The summed E-state index contributed by atoms with van der Waals surface area (Å²) in [4.78, 5) is 37.1. The van der Waals surface area contributed by atoms with Crippen molar-refractivity contribution in [1.82, 2.24) is 24.0 Å². The second kappa shape index (κ2) is 8.94. The van der Waals surface area contributed by atoms with Crippen LogP contribution in [0.1, 0.15) is 37.0 Å². The fourth-order valence-corrected chi connectivity index (χ4v) is 4.37. The Labute approximate surface area is 188 Å². The highest BCUT2D eigenvalue weighted by molar-refractivity contribution is 5.74. The highest BCUT2D eigenvalue weighted by Gasteiger charge is 2.25. The van der Waals surface area contributed by atoms with E-state index in [0.717, 1.165) is 44.2 Å². The molecule has 1 fully saturated rings. The van der Waals surface area contributed by atoms with Crippen molar-refractivity contribution in [2.45, 2.75) is 40.7 Å². The first-order valence-electron chi connectivity index (χ1n) is 11.5. The number of imidazole rings is 1. The van der Waals surface area contributed by atoms with Crippen molar-refractivity contribution >= 4 is 17.1 Å². The number of hydrogen-bond acceptors (Lipinski definition) is 5. The number of H-pyrrole nitrogens is 1. The molecule has 0 aliphatic carbocycles. The van der Waals surface area contributed by atoms with Crippen molar-refractivity contribution in [2.24, 2.45) is 13.0 Å². The largest absolute Gasteiger partial charge is 0.340 e. The lowest BCUT2D eigenvalue weighted by Crippen LogP contribution is -2.47. The Morgan fingerprint density at radius 3 is 2.50 bits per heavy atom. The summed E-state index contributed by atoms with van der Waals surface area (Å²) in [6, 6.07) is 6.36. The van der Waals surface area contributed by atoms with Crippen LogP contribution < -0.4 is 16.1 Å². The maximum absolute atomic E-state index is 12.9. The Morgan fingerprint density at radius 2 is 1.81 bits per heavy atom. The molecular weight excluding hydrogens is 404 g/mol. The molecule has 0 atom stereocenters. The lowest BCUT2D eigenvalue weighted by atomic mass is 10.1. The molecule has 172 valence electrons. The highest BCUT2D eigenvalue weighted by atomic mass is 16.2. The minimum atomic E-state index is -0.441. The van der Waals surface area contributed by atoms with Gasteiger partial charge in [-0.25, -0.2) is 4.79 Å². The van der Waals surface area contributed by atoms with E-state index in [2.05, 4.69) is 60.7 Å². The second-order valence-electron chi connectivity index (χ2n) is 9.43. The van der Waals surface area contributed by atoms with Crippen LogP contribution >= 0.6 is 0 Å². The third kappa shape index (κ3) is 4.37. The van der Waals surface area contributed by atoms with Gasteiger partial charge in [0.1, 0.15) is 0 Å². The summed E-state index contributed by atoms with van der Waals surface area (Å²) in [5.41, 5.74) is 3.55. The molecule has 0 amide bonds. The quantitative estimate of drug-likeness (QED) is 0.639. The van der Waals surface area contributed by atoms with E-state index in [1.807, 2.05) is 4.57 Å². The number of piperazine rings is 1. The molecule has 1 aliphatic rings. The molecule has 0 unspecified atom stereocenters. The van der Waals surface area contributed by atoms with E-state index in [9.17, 15) is 9.59 Å². The molecule has 0 saturated carbocycles. The van der Waals surface area contributed by atoms with Crippen LogP contribution in [0.3, 0.4) is 0 Å². The monoisotopic (exact) mass is 438 g/mol. The van der Waals surface area contributed by atoms with Crippen LogP contribution in [0, 0.1) is 19.8 Å². The average Bonchev–Trinajstić information content (AvgIpc) is 3.13. The van der Waals surface area contributed by atoms with Gasteiger partial charge < -0.3 is 4.90 Å². The molecule has 8 nitrogen and oxygen atoms in total. The predicted molar refractivity (Wildman–Crippen MR) is 129 cm³/mol. The first-order valence-corrected chi connectivity index (χ1v) is 11.5. The van der Waals surface area contributed by atoms with Crippen LogP contribution in [0.4, 0.5) is 5.95 Å². The molecule has 0 radical (unpaired) electrons. The zero-order valence-corrected chi connectivity index (χ0v) is 19.8. The number of aromatic amines is 1. The minimum absolute atomic E-state index is 0.386. The van der Waals surface area contributed by atoms with E-state index in [-0.39, 0.29) is 5.56 Å². The van der Waals surface area contributed by atoms with Crippen molar-refractivity contribution in [3.63, 3.8) is 0 Å². The van der Waals surface area contributed by atoms with Gasteiger partial charge in [-0.05, 0) is 43.9 Å². The van der Waals surface area contributed by atoms with E-state index in [1.54, 1.807) is 7.05 Å². The Balaban J connectivity index is 1.74. The predicted octanol–water partition coefficient (Wildman–Crippen LogP) is 2.26. The molecule has 3 heterocycles. The molecule has 0 bridgehead atoms. The van der Waals surface area contributed by atoms with Gasteiger partial charge in [0.05, 0.1) is 6.54 Å². The van der Waals surface area contributed by atoms with Gasteiger partial charge in [-0.15, -0.1) is 0 Å². The SMILES string of the molecule is Cc1ccc(C)c(Cn2c(N3CCN(CCC(C)C)CC3)nc3c2c(=O)[nH]c(=O)n3C)c1. The third-order valence-electron chi connectivity index (χ3n) is 6.50. The smallest absolute Gasteiger partial charge is 0.329 e. The molecule has 1 N–H and O–H groups in total. The zero-order valence-electron chi connectivity index (χ0n) is 19.8. The summed E-state index contributed by atoms with van der Waals surface area (Å²) < 4.78 is 3.41. The second-order valence-corrected chi connectivity index (χ2v) is 9.43. The number of aryl methyl sites for hydroxylation is 3. The summed E-state index contributed by atoms with van der Waals surface area (Å²) in [6.07, 6.45) is 1.20. The van der Waals surface area contributed by atoms with Gasteiger partial charge in [-0.1, -0.05) is 37.6 Å². The summed E-state index contributed by atoms with van der Waals surface area (Å²) in [5.74, 6) is 1.46. The van der Waals surface area contributed by atoms with Crippen LogP contribution in [-0.4, -0.2) is 56.7 Å². The third-order valence-corrected chi connectivity index (χ3v) is 6.50. The van der Waals surface area contributed by atoms with Gasteiger partial charge in [0.15, 0.2) is 11.2 Å². The van der Waals surface area contributed by atoms with Crippen molar-refractivity contribution in [3.8, 4) is 0 Å². The molecule has 4 rings (SSSR count). The van der Waals surface area contributed by atoms with Crippen molar-refractivity contribution in [2.75, 3.05) is 37.6 Å². The first kappa shape index (κ1) is 22.3. The fraction of sp³-hybridized carbons (Fsp3) is 0.542. The Kier molecular flexibility index (Phi) is 6.24. The topological polar surface area (TPSA) is 79.2 Å². The number of aromatic nitrogens is 4. The van der Waals surface area contributed by atoms with E-state index in [0.29, 0.717) is 23.6 Å². The first-order chi connectivity index (χ1) is 15.2. The van der Waals surface area contributed by atoms with E-state index < -0.39 is 5.69 Å². The van der Waals surface area contributed by atoms with Gasteiger partial charge in [0.2, 0.25) is 5.95 Å². The van der Waals surface area contributed by atoms with Crippen molar-refractivity contribution in [3.05, 3.63) is 55.7 Å². The molecular formula is C24H34N6O2. The molecule has 1 aromatic carbocycles. The van der Waals surface area contributed by atoms with E-state index in [1.165, 1.54) is 22.1 Å². The normalized spacial score (nSPS) is 15.2. The Morgan fingerprint density at radius 1 is 1.09 bits per heavy atom. The van der Waals surface area contributed by atoms with Crippen LogP contribution in [0.5, 0.6) is 0 Å². The molecule has 8 heteroatoms. The maximum atomic E-state index is 12.9. The summed E-state index contributed by atoms with van der Waals surface area (Å²) in [7, 11) is 1.66. The van der Waals surface area contributed by atoms with E-state index in [4.69, 9.17) is 4.98 Å². The number of nitrogens with zero attached hydrogens (tertiary/aromatic N) is 5. The number of nitrogens with one attached hydrogen (secondary N) is 1. The van der Waals surface area contributed by atoms with Gasteiger partial charge >= 0.3 is 5.69 Å². The van der Waals surface area contributed by atoms with Gasteiger partial charge in [0.25, 0.3) is 5.56 Å². The number of anilines is 1. The highest BCUT2D eigenvalue weighted by Crippen LogP contribution is 2.24. The van der Waals surface area contributed by atoms with Gasteiger partial charge in [-0.2, -0.15) is 4.98 Å². The number of fused-ring (bicyclic) bond motifs is 1. The lowest BCUT2D eigenvalue weighted by molar-refractivity contribution is 0.242. The van der Waals surface area contributed by atoms with Crippen LogP contribution in [0.15, 0.2) is 27.8 Å². The van der Waals surface area contributed by atoms with Gasteiger partial charge in [0, 0.05) is 33.2 Å². The molecule has 1 aliphatic heterocycles. The molecule has 2 aromatic heterocycles. The molecule has 0 spiro atoms. The van der Waals surface area contributed by atoms with Crippen LogP contribution in [-0.2, 0) is 13.6 Å². The maximum Gasteiger partial charge on any atom is 0.329 e. The lowest BCUT2D eigenvalue weighted by Gasteiger charge is -2.35. The summed E-state index contributed by atoms with van der Waals surface area (Å²) in [5, 5.41) is 0. The average molecular weight is 439 g/mol. The number of hydrogen-bond donors (Lipinski definition) is 1. The standard InChI is InChI=1S/C24H34N6O2/c1-16(2)8-9-28-10-12-29(13-11-28)23-25-21-20(22(31)26-24(32)27(21)5)30(23)15-19-14-17(3)6-7-18(19)4/h6-7,14,16H,8-13,15H2,1-5H3,(H,26,31,32). The minimum Gasteiger partial charge on any atom is -0.340 e. The van der Waals surface area contributed by atoms with Crippen molar-refractivity contribution < 1.29 is 0 Å². The Hall–Kier alpha value is -2.87. The molecule has 3 aromatic rings. The zero-order chi connectivity index (χ0) is 23.0. The summed E-state index contributed by atoms with van der Waals surface area (Å²) in [6.45, 7) is 13.9. The number of rotatable bonds is 6. The molecule has 32 heavy (non-hydrogen) atoms. The van der Waals surface area contributed by atoms with Crippen LogP contribution in [0.25, 0.3) is 11.2 Å². The summed E-state index contributed by atoms with van der Waals surface area (Å²) >= 11 is 0. The number of benzene rings is 1. The Bertz CT molecular complexity index is 1230. The van der Waals surface area contributed by atoms with E-state index >= 15 is 0 Å². The van der Waals surface area contributed by atoms with Crippen LogP contribution in [0.2, 0.25) is 0 Å².